The van der Waals surface area contributed by atoms with Crippen molar-refractivity contribution in [2.45, 2.75) is 50.8 Å². The summed E-state index contributed by atoms with van der Waals surface area (Å²) in [5, 5.41) is 0. The topological polar surface area (TPSA) is 38.8 Å². The highest BCUT2D eigenvalue weighted by Crippen LogP contribution is 2.37. The molecule has 1 aromatic rings. The third kappa shape index (κ3) is 3.26. The van der Waals surface area contributed by atoms with Crippen LogP contribution in [-0.2, 0) is 16.1 Å². The van der Waals surface area contributed by atoms with Gasteiger partial charge < -0.3 is 14.4 Å². The molecule has 2 aliphatic rings. The monoisotopic (exact) mass is 301 g/mol. The maximum absolute atomic E-state index is 12.5. The van der Waals surface area contributed by atoms with Crippen LogP contribution in [0.4, 0.5) is 4.79 Å². The molecule has 2 heterocycles. The maximum Gasteiger partial charge on any atom is 0.410 e. The van der Waals surface area contributed by atoms with Crippen molar-refractivity contribution in [1.82, 2.24) is 4.90 Å². The minimum Gasteiger partial charge on any atom is -0.504 e. The Hall–Kier alpha value is -1.97. The lowest BCUT2D eigenvalue weighted by Crippen LogP contribution is -2.53. The lowest BCUT2D eigenvalue weighted by molar-refractivity contribution is 0.0305. The molecule has 0 radical (unpaired) electrons. The molecule has 4 heteroatoms. The number of carbonyl (C=O) groups is 1. The van der Waals surface area contributed by atoms with Crippen LogP contribution in [0.3, 0.4) is 0 Å². The van der Waals surface area contributed by atoms with E-state index in [0.717, 1.165) is 31.2 Å². The second kappa shape index (κ2) is 6.86. The second-order valence-electron chi connectivity index (χ2n) is 6.11. The highest BCUT2D eigenvalue weighted by Gasteiger charge is 2.39. The molecule has 0 spiro atoms. The lowest BCUT2D eigenvalue weighted by Gasteiger charge is -2.46. The van der Waals surface area contributed by atoms with Gasteiger partial charge in [-0.3, -0.25) is 0 Å². The molecule has 3 rings (SSSR count). The minimum absolute atomic E-state index is 0.171. The summed E-state index contributed by atoms with van der Waals surface area (Å²) in [6, 6.07) is 10.4. The SMILES string of the molecule is COC=C1CC2CCCC(C1)N2C(=O)OCc1ccccc1. The van der Waals surface area contributed by atoms with Crippen LogP contribution in [0.5, 0.6) is 0 Å². The van der Waals surface area contributed by atoms with Gasteiger partial charge >= 0.3 is 6.09 Å². The Morgan fingerprint density at radius 1 is 1.23 bits per heavy atom. The summed E-state index contributed by atoms with van der Waals surface area (Å²) in [5.41, 5.74) is 2.34. The van der Waals surface area contributed by atoms with Crippen molar-refractivity contribution in [3.63, 3.8) is 0 Å². The Balaban J connectivity index is 1.63. The third-order valence-corrected chi connectivity index (χ3v) is 4.56. The highest BCUT2D eigenvalue weighted by atomic mass is 16.6. The Bertz CT molecular complexity index is 525. The predicted molar refractivity (Wildman–Crippen MR) is 84.2 cm³/mol. The van der Waals surface area contributed by atoms with Gasteiger partial charge in [-0.2, -0.15) is 0 Å². The first-order valence-corrected chi connectivity index (χ1v) is 7.97. The van der Waals surface area contributed by atoms with Crippen LogP contribution in [0.2, 0.25) is 0 Å². The summed E-state index contributed by atoms with van der Waals surface area (Å²) in [6.45, 7) is 0.344. The van der Waals surface area contributed by atoms with Crippen molar-refractivity contribution in [2.24, 2.45) is 0 Å². The fourth-order valence-electron chi connectivity index (χ4n) is 3.61. The molecule has 2 atom stereocenters. The molecule has 1 amide bonds. The molecule has 0 aliphatic carbocycles. The number of amides is 1. The molecule has 2 bridgehead atoms. The number of ether oxygens (including phenoxy) is 2. The fraction of sp³-hybridized carbons (Fsp3) is 0.500. The van der Waals surface area contributed by atoms with Gasteiger partial charge in [-0.25, -0.2) is 4.79 Å². The van der Waals surface area contributed by atoms with E-state index in [-0.39, 0.29) is 18.2 Å². The van der Waals surface area contributed by atoms with Crippen molar-refractivity contribution < 1.29 is 14.3 Å². The van der Waals surface area contributed by atoms with Gasteiger partial charge in [-0.1, -0.05) is 30.3 Å². The summed E-state index contributed by atoms with van der Waals surface area (Å²) in [4.78, 5) is 14.5. The number of nitrogens with zero attached hydrogens (tertiary/aromatic N) is 1. The molecular formula is C18H23NO3. The molecule has 2 fully saturated rings. The zero-order valence-electron chi connectivity index (χ0n) is 13.0. The standard InChI is InChI=1S/C18H23NO3/c1-21-12-15-10-16-8-5-9-17(11-15)19(16)18(20)22-13-14-6-3-2-4-7-14/h2-4,6-7,12,16-17H,5,8-11,13H2,1H3. The fourth-order valence-corrected chi connectivity index (χ4v) is 3.61. The number of piperidine rings is 2. The largest absolute Gasteiger partial charge is 0.504 e. The van der Waals surface area contributed by atoms with Gasteiger partial charge in [0.05, 0.1) is 13.4 Å². The molecular weight excluding hydrogens is 278 g/mol. The van der Waals surface area contributed by atoms with Crippen LogP contribution >= 0.6 is 0 Å². The zero-order chi connectivity index (χ0) is 15.4. The molecule has 118 valence electrons. The van der Waals surface area contributed by atoms with Gasteiger partial charge in [0.15, 0.2) is 0 Å². The number of methoxy groups -OCH3 is 1. The van der Waals surface area contributed by atoms with Crippen LogP contribution in [0.1, 0.15) is 37.7 Å². The van der Waals surface area contributed by atoms with E-state index in [2.05, 4.69) is 0 Å². The number of fused-ring (bicyclic) bond motifs is 2. The van der Waals surface area contributed by atoms with E-state index < -0.39 is 0 Å². The first-order valence-electron chi connectivity index (χ1n) is 7.97. The zero-order valence-corrected chi connectivity index (χ0v) is 13.0. The predicted octanol–water partition coefficient (Wildman–Crippen LogP) is 3.87. The summed E-state index contributed by atoms with van der Waals surface area (Å²) in [5.74, 6) is 0. The molecule has 2 unspecified atom stereocenters. The molecule has 0 aromatic heterocycles. The van der Waals surface area contributed by atoms with Crippen molar-refractivity contribution in [2.75, 3.05) is 7.11 Å². The van der Waals surface area contributed by atoms with Crippen LogP contribution in [-0.4, -0.2) is 30.2 Å². The Morgan fingerprint density at radius 2 is 1.91 bits per heavy atom. The number of hydrogen-bond acceptors (Lipinski definition) is 3. The minimum atomic E-state index is -0.171. The third-order valence-electron chi connectivity index (χ3n) is 4.56. The normalized spacial score (nSPS) is 23.9. The van der Waals surface area contributed by atoms with Crippen LogP contribution in [0.15, 0.2) is 42.2 Å². The number of hydrogen-bond donors (Lipinski definition) is 0. The van der Waals surface area contributed by atoms with Gasteiger partial charge in [0.1, 0.15) is 6.61 Å². The number of carbonyl (C=O) groups excluding carboxylic acids is 1. The van der Waals surface area contributed by atoms with E-state index in [0.29, 0.717) is 6.61 Å². The Morgan fingerprint density at radius 3 is 2.55 bits per heavy atom. The van der Waals surface area contributed by atoms with Gasteiger partial charge in [-0.15, -0.1) is 0 Å². The Kier molecular flexibility index (Phi) is 4.66. The first-order chi connectivity index (χ1) is 10.8. The van der Waals surface area contributed by atoms with Crippen molar-refractivity contribution in [3.8, 4) is 0 Å². The lowest BCUT2D eigenvalue weighted by atomic mass is 9.82. The van der Waals surface area contributed by atoms with Crippen LogP contribution in [0.25, 0.3) is 0 Å². The molecule has 4 nitrogen and oxygen atoms in total. The number of rotatable bonds is 3. The van der Waals surface area contributed by atoms with Gasteiger partial charge in [0, 0.05) is 12.1 Å². The van der Waals surface area contributed by atoms with E-state index in [1.165, 1.54) is 12.0 Å². The molecule has 22 heavy (non-hydrogen) atoms. The first kappa shape index (κ1) is 14.9. The van der Waals surface area contributed by atoms with E-state index >= 15 is 0 Å². The summed E-state index contributed by atoms with van der Waals surface area (Å²) in [6.07, 6.45) is 6.79. The summed E-state index contributed by atoms with van der Waals surface area (Å²) < 4.78 is 10.7. The molecule has 0 N–H and O–H groups in total. The molecule has 1 aromatic carbocycles. The number of benzene rings is 1. The molecule has 2 aliphatic heterocycles. The van der Waals surface area contributed by atoms with Gasteiger partial charge in [0.25, 0.3) is 0 Å². The van der Waals surface area contributed by atoms with Crippen molar-refractivity contribution in [1.29, 1.82) is 0 Å². The quantitative estimate of drug-likeness (QED) is 0.796. The van der Waals surface area contributed by atoms with E-state index in [1.54, 1.807) is 7.11 Å². The van der Waals surface area contributed by atoms with E-state index in [4.69, 9.17) is 9.47 Å². The Labute approximate surface area is 131 Å². The average Bonchev–Trinajstić information content (AvgIpc) is 2.53. The van der Waals surface area contributed by atoms with Crippen LogP contribution < -0.4 is 0 Å². The van der Waals surface area contributed by atoms with Crippen molar-refractivity contribution >= 4 is 6.09 Å². The second-order valence-corrected chi connectivity index (χ2v) is 6.11. The summed E-state index contributed by atoms with van der Waals surface area (Å²) in [7, 11) is 1.68. The van der Waals surface area contributed by atoms with E-state index in [1.807, 2.05) is 41.5 Å². The summed E-state index contributed by atoms with van der Waals surface area (Å²) >= 11 is 0. The van der Waals surface area contributed by atoms with E-state index in [9.17, 15) is 4.79 Å². The van der Waals surface area contributed by atoms with Crippen LogP contribution in [0, 0.1) is 0 Å². The molecule has 2 saturated heterocycles. The van der Waals surface area contributed by atoms with Gasteiger partial charge in [-0.05, 0) is 43.2 Å². The maximum atomic E-state index is 12.5. The van der Waals surface area contributed by atoms with Crippen molar-refractivity contribution in [3.05, 3.63) is 47.7 Å². The highest BCUT2D eigenvalue weighted by molar-refractivity contribution is 5.69. The van der Waals surface area contributed by atoms with Gasteiger partial charge in [0.2, 0.25) is 0 Å². The average molecular weight is 301 g/mol. The smallest absolute Gasteiger partial charge is 0.410 e. The molecule has 0 saturated carbocycles.